The van der Waals surface area contributed by atoms with E-state index in [9.17, 15) is 5.11 Å². The van der Waals surface area contributed by atoms with Gasteiger partial charge in [0.05, 0.1) is 35.5 Å². The fraction of sp³-hybridized carbons (Fsp3) is 0.517. The van der Waals surface area contributed by atoms with E-state index in [4.69, 9.17) is 9.97 Å². The van der Waals surface area contributed by atoms with E-state index in [0.29, 0.717) is 16.7 Å². The third-order valence-corrected chi connectivity index (χ3v) is 9.69. The molecule has 6 heterocycles. The Balaban J connectivity index is 0.902. The summed E-state index contributed by atoms with van der Waals surface area (Å²) in [6.45, 7) is 10.1. The quantitative estimate of drug-likeness (QED) is 0.449. The van der Waals surface area contributed by atoms with E-state index >= 15 is 0 Å². The smallest absolute Gasteiger partial charge is 0.225 e. The van der Waals surface area contributed by atoms with Crippen molar-refractivity contribution in [1.82, 2.24) is 30.4 Å². The number of para-hydroxylation sites is 1. The number of benzene rings is 1. The molecule has 2 aromatic heterocycles. The van der Waals surface area contributed by atoms with Crippen LogP contribution in [0.4, 0.5) is 23.1 Å². The van der Waals surface area contributed by atoms with Crippen LogP contribution >= 0.6 is 0 Å². The maximum absolute atomic E-state index is 10.3. The van der Waals surface area contributed by atoms with Gasteiger partial charge in [-0.15, -0.1) is 10.2 Å². The minimum Gasteiger partial charge on any atom is -0.507 e. The van der Waals surface area contributed by atoms with Crippen molar-refractivity contribution in [2.45, 2.75) is 24.9 Å². The molecule has 40 heavy (non-hydrogen) atoms. The molecule has 0 bridgehead atoms. The van der Waals surface area contributed by atoms with Gasteiger partial charge in [-0.3, -0.25) is 4.90 Å². The standard InChI is InChI=1S/C29H36N10O/c40-26-4-2-1-3-23(26)24-11-25-27(35-34-24)31-16-22-17-38(9-10-39(22)25)28-32-14-21(15-33-28)37-7-5-36(6-8-37)20-12-29(13-20)18-30-19-29/h1-4,11,14-15,20,22,30,40H,5-10,12-13,16-19H2,(H,31,35)/t22-/m0/s1. The molecule has 3 aromatic rings. The topological polar surface area (TPSA) is 109 Å². The molecular weight excluding hydrogens is 504 g/mol. The molecule has 1 atom stereocenters. The highest BCUT2D eigenvalue weighted by Crippen LogP contribution is 2.46. The summed E-state index contributed by atoms with van der Waals surface area (Å²) in [4.78, 5) is 19.4. The third kappa shape index (κ3) is 4.10. The molecule has 0 amide bonds. The predicted octanol–water partition coefficient (Wildman–Crippen LogP) is 1.63. The third-order valence-electron chi connectivity index (χ3n) is 9.69. The summed E-state index contributed by atoms with van der Waals surface area (Å²) < 4.78 is 0. The van der Waals surface area contributed by atoms with Crippen molar-refractivity contribution in [3.8, 4) is 17.0 Å². The van der Waals surface area contributed by atoms with E-state index in [1.807, 2.05) is 36.7 Å². The Morgan fingerprint density at radius 3 is 2.40 bits per heavy atom. The first kappa shape index (κ1) is 24.1. The Hall–Kier alpha value is -3.70. The molecular formula is C29H36N10O. The number of nitrogens with zero attached hydrogens (tertiary/aromatic N) is 8. The second kappa shape index (κ2) is 9.45. The van der Waals surface area contributed by atoms with Gasteiger partial charge in [-0.25, -0.2) is 9.97 Å². The van der Waals surface area contributed by atoms with Gasteiger partial charge in [0, 0.05) is 77.1 Å². The zero-order valence-electron chi connectivity index (χ0n) is 22.7. The highest BCUT2D eigenvalue weighted by Gasteiger charge is 2.50. The fourth-order valence-electron chi connectivity index (χ4n) is 7.24. The molecule has 5 aliphatic rings. The zero-order chi connectivity index (χ0) is 26.7. The van der Waals surface area contributed by atoms with Gasteiger partial charge in [-0.05, 0) is 36.5 Å². The van der Waals surface area contributed by atoms with E-state index < -0.39 is 0 Å². The van der Waals surface area contributed by atoms with Gasteiger partial charge >= 0.3 is 0 Å². The first-order valence-electron chi connectivity index (χ1n) is 14.6. The normalized spacial score (nSPS) is 24.1. The van der Waals surface area contributed by atoms with Crippen molar-refractivity contribution >= 4 is 23.1 Å². The van der Waals surface area contributed by atoms with Crippen LogP contribution < -0.4 is 25.3 Å². The van der Waals surface area contributed by atoms with E-state index in [1.165, 1.54) is 25.9 Å². The minimum absolute atomic E-state index is 0.211. The second-order valence-corrected chi connectivity index (χ2v) is 12.1. The Morgan fingerprint density at radius 2 is 1.65 bits per heavy atom. The lowest BCUT2D eigenvalue weighted by atomic mass is 9.61. The molecule has 4 fully saturated rings. The van der Waals surface area contributed by atoms with E-state index in [2.05, 4.69) is 40.4 Å². The maximum atomic E-state index is 10.3. The lowest BCUT2D eigenvalue weighted by Gasteiger charge is -2.58. The number of phenolic OH excluding ortho intramolecular Hbond substituents is 1. The average Bonchev–Trinajstić information content (AvgIpc) is 2.96. The number of rotatable bonds is 4. The lowest BCUT2D eigenvalue weighted by molar-refractivity contribution is -0.0373. The van der Waals surface area contributed by atoms with Gasteiger partial charge in [0.15, 0.2) is 5.82 Å². The van der Waals surface area contributed by atoms with Crippen LogP contribution in [0.3, 0.4) is 0 Å². The summed E-state index contributed by atoms with van der Waals surface area (Å²) in [5, 5.41) is 26.0. The van der Waals surface area contributed by atoms with Crippen molar-refractivity contribution in [2.24, 2.45) is 5.41 Å². The van der Waals surface area contributed by atoms with Crippen molar-refractivity contribution in [3.05, 3.63) is 42.7 Å². The van der Waals surface area contributed by atoms with Crippen LogP contribution in [-0.2, 0) is 0 Å². The van der Waals surface area contributed by atoms with E-state index in [-0.39, 0.29) is 11.8 Å². The number of aromatic nitrogens is 4. The second-order valence-electron chi connectivity index (χ2n) is 12.1. The average molecular weight is 541 g/mol. The Bertz CT molecular complexity index is 1380. The van der Waals surface area contributed by atoms with Crippen LogP contribution in [-0.4, -0.2) is 108 Å². The van der Waals surface area contributed by atoms with Crippen molar-refractivity contribution < 1.29 is 5.11 Å². The predicted molar refractivity (Wildman–Crippen MR) is 155 cm³/mol. The number of hydrogen-bond donors (Lipinski definition) is 3. The molecule has 3 N–H and O–H groups in total. The summed E-state index contributed by atoms with van der Waals surface area (Å²) in [6.07, 6.45) is 6.76. The Labute approximate surface area is 234 Å². The van der Waals surface area contributed by atoms with Gasteiger partial charge in [0.25, 0.3) is 0 Å². The van der Waals surface area contributed by atoms with Gasteiger partial charge in [-0.1, -0.05) is 12.1 Å². The van der Waals surface area contributed by atoms with Crippen LogP contribution in [0.25, 0.3) is 11.3 Å². The number of nitrogens with one attached hydrogen (secondary N) is 2. The van der Waals surface area contributed by atoms with Crippen molar-refractivity contribution in [3.63, 3.8) is 0 Å². The molecule has 1 spiro atoms. The Morgan fingerprint density at radius 1 is 0.875 bits per heavy atom. The van der Waals surface area contributed by atoms with Gasteiger partial charge in [0.2, 0.25) is 5.95 Å². The zero-order valence-corrected chi connectivity index (χ0v) is 22.7. The molecule has 8 rings (SSSR count). The number of aromatic hydroxyl groups is 1. The molecule has 4 aliphatic heterocycles. The summed E-state index contributed by atoms with van der Waals surface area (Å²) >= 11 is 0. The fourth-order valence-corrected chi connectivity index (χ4v) is 7.24. The first-order chi connectivity index (χ1) is 19.6. The molecule has 1 saturated carbocycles. The van der Waals surface area contributed by atoms with Crippen LogP contribution in [0.2, 0.25) is 0 Å². The first-order valence-corrected chi connectivity index (χ1v) is 14.6. The number of hydrogen-bond acceptors (Lipinski definition) is 11. The molecule has 1 aliphatic carbocycles. The van der Waals surface area contributed by atoms with E-state index in [0.717, 1.165) is 81.5 Å². The molecule has 208 valence electrons. The summed E-state index contributed by atoms with van der Waals surface area (Å²) in [6, 6.07) is 10.3. The lowest BCUT2D eigenvalue weighted by Crippen LogP contribution is -2.66. The minimum atomic E-state index is 0.211. The maximum Gasteiger partial charge on any atom is 0.225 e. The van der Waals surface area contributed by atoms with Gasteiger partial charge in [0.1, 0.15) is 5.75 Å². The van der Waals surface area contributed by atoms with Crippen LogP contribution in [0.15, 0.2) is 42.7 Å². The highest BCUT2D eigenvalue weighted by molar-refractivity contribution is 5.76. The number of phenols is 1. The number of piperazine rings is 2. The van der Waals surface area contributed by atoms with Crippen LogP contribution in [0, 0.1) is 5.41 Å². The summed E-state index contributed by atoms with van der Waals surface area (Å²) in [5.41, 5.74) is 4.15. The monoisotopic (exact) mass is 540 g/mol. The Kier molecular flexibility index (Phi) is 5.70. The SMILES string of the molecule is Oc1ccccc1-c1cc2c(nn1)NC[C@H]1CN(c3ncc(N4CCN(C5CC6(CNC6)C5)CC4)cn3)CCN21. The highest BCUT2D eigenvalue weighted by atomic mass is 16.3. The molecule has 1 aromatic carbocycles. The van der Waals surface area contributed by atoms with E-state index in [1.54, 1.807) is 6.07 Å². The van der Waals surface area contributed by atoms with Crippen LogP contribution in [0.1, 0.15) is 12.8 Å². The van der Waals surface area contributed by atoms with Gasteiger partial charge in [-0.2, -0.15) is 0 Å². The largest absolute Gasteiger partial charge is 0.507 e. The summed E-state index contributed by atoms with van der Waals surface area (Å²) in [5.74, 6) is 1.80. The summed E-state index contributed by atoms with van der Waals surface area (Å²) in [7, 11) is 0. The van der Waals surface area contributed by atoms with Gasteiger partial charge < -0.3 is 30.4 Å². The van der Waals surface area contributed by atoms with Crippen molar-refractivity contribution in [2.75, 3.05) is 85.5 Å². The molecule has 0 unspecified atom stereocenters. The van der Waals surface area contributed by atoms with Crippen molar-refractivity contribution in [1.29, 1.82) is 0 Å². The molecule has 11 nitrogen and oxygen atoms in total. The molecule has 3 saturated heterocycles. The molecule has 11 heteroatoms. The number of fused-ring (bicyclic) bond motifs is 3. The molecule has 0 radical (unpaired) electrons. The number of anilines is 4. The van der Waals surface area contributed by atoms with Crippen LogP contribution in [0.5, 0.6) is 5.75 Å².